The number of hydrogen-bond donors (Lipinski definition) is 4. The van der Waals surface area contributed by atoms with Crippen LogP contribution in [-0.4, -0.2) is 46.8 Å². The number of fused-ring (bicyclic) bond motifs is 1. The van der Waals surface area contributed by atoms with Gasteiger partial charge in [-0.3, -0.25) is 14.6 Å². The SMILES string of the molecule is CC[C@@H](CO)NC(=O)c1cc2c(Oc3ccc(NC(=S)NC(=O)Cc4cccc(F)c4)cc3F)ccnc2cc1OC. The fraction of sp³-hybridized carbons (Fsp3) is 0.200. The molecule has 4 aromatic rings. The standard InChI is InChI=1S/C30H28F2N4O5S/c1-3-19(16-37)34-29(39)22-14-21-24(15-27(22)40-2)33-10-9-25(21)41-26-8-7-20(13-23(26)32)35-30(42)36-28(38)12-17-5-4-6-18(31)11-17/h4-11,13-15,19,37H,3,12,16H2,1-2H3,(H,34,39)(H2,35,36,38,42)/t19-/m0/s1. The van der Waals surface area contributed by atoms with Gasteiger partial charge in [0.15, 0.2) is 16.7 Å². The number of anilines is 1. The Kier molecular flexibility index (Phi) is 9.94. The van der Waals surface area contributed by atoms with Crippen molar-refractivity contribution in [2.24, 2.45) is 0 Å². The van der Waals surface area contributed by atoms with Crippen LogP contribution in [0.3, 0.4) is 0 Å². The van der Waals surface area contributed by atoms with Crippen molar-refractivity contribution in [2.45, 2.75) is 25.8 Å². The average Bonchev–Trinajstić information content (AvgIpc) is 2.96. The molecule has 0 saturated heterocycles. The second-order valence-electron chi connectivity index (χ2n) is 9.20. The van der Waals surface area contributed by atoms with E-state index in [1.807, 2.05) is 6.92 Å². The lowest BCUT2D eigenvalue weighted by Crippen LogP contribution is -2.37. The Bertz CT molecular complexity index is 1630. The third kappa shape index (κ3) is 7.53. The van der Waals surface area contributed by atoms with Gasteiger partial charge < -0.3 is 30.5 Å². The fourth-order valence-corrected chi connectivity index (χ4v) is 4.30. The van der Waals surface area contributed by atoms with Gasteiger partial charge in [-0.25, -0.2) is 8.78 Å². The summed E-state index contributed by atoms with van der Waals surface area (Å²) in [4.78, 5) is 29.5. The zero-order valence-electron chi connectivity index (χ0n) is 22.7. The molecule has 0 bridgehead atoms. The highest BCUT2D eigenvalue weighted by Crippen LogP contribution is 2.34. The molecule has 12 heteroatoms. The number of carbonyl (C=O) groups excluding carboxylic acids is 2. The van der Waals surface area contributed by atoms with E-state index < -0.39 is 29.5 Å². The van der Waals surface area contributed by atoms with E-state index in [1.165, 1.54) is 55.8 Å². The van der Waals surface area contributed by atoms with E-state index in [-0.39, 0.29) is 46.6 Å². The maximum absolute atomic E-state index is 15.1. The molecule has 0 fully saturated rings. The predicted octanol–water partition coefficient (Wildman–Crippen LogP) is 4.87. The molecule has 42 heavy (non-hydrogen) atoms. The number of rotatable bonds is 10. The number of hydrogen-bond acceptors (Lipinski definition) is 7. The van der Waals surface area contributed by atoms with Gasteiger partial charge in [-0.15, -0.1) is 0 Å². The fourth-order valence-electron chi connectivity index (χ4n) is 4.07. The molecule has 0 aliphatic heterocycles. The summed E-state index contributed by atoms with van der Waals surface area (Å²) >= 11 is 5.15. The van der Waals surface area contributed by atoms with Crippen LogP contribution in [-0.2, 0) is 11.2 Å². The Labute approximate surface area is 245 Å². The maximum Gasteiger partial charge on any atom is 0.255 e. The number of aliphatic hydroxyl groups excluding tert-OH is 1. The van der Waals surface area contributed by atoms with Crippen molar-refractivity contribution >= 4 is 45.7 Å². The summed E-state index contributed by atoms with van der Waals surface area (Å²) < 4.78 is 39.7. The highest BCUT2D eigenvalue weighted by molar-refractivity contribution is 7.80. The first-order valence-electron chi connectivity index (χ1n) is 12.9. The van der Waals surface area contributed by atoms with Gasteiger partial charge in [0.25, 0.3) is 5.91 Å². The van der Waals surface area contributed by atoms with E-state index in [4.69, 9.17) is 21.7 Å². The third-order valence-corrected chi connectivity index (χ3v) is 6.44. The molecule has 0 unspecified atom stereocenters. The second kappa shape index (κ2) is 13.8. The van der Waals surface area contributed by atoms with Crippen LogP contribution in [0.15, 0.2) is 66.9 Å². The summed E-state index contributed by atoms with van der Waals surface area (Å²) in [6.07, 6.45) is 1.93. The van der Waals surface area contributed by atoms with Crippen LogP contribution in [0.2, 0.25) is 0 Å². The maximum atomic E-state index is 15.1. The van der Waals surface area contributed by atoms with Crippen LogP contribution in [0.4, 0.5) is 14.5 Å². The van der Waals surface area contributed by atoms with Crippen LogP contribution < -0.4 is 25.4 Å². The minimum absolute atomic E-state index is 0.0594. The number of nitrogens with zero attached hydrogens (tertiary/aromatic N) is 1. The number of aromatic nitrogens is 1. The minimum Gasteiger partial charge on any atom is -0.496 e. The number of methoxy groups -OCH3 is 1. The van der Waals surface area contributed by atoms with E-state index in [0.717, 1.165) is 6.07 Å². The molecule has 1 atom stereocenters. The Balaban J connectivity index is 1.49. The quantitative estimate of drug-likeness (QED) is 0.192. The first-order chi connectivity index (χ1) is 20.2. The van der Waals surface area contributed by atoms with Crippen LogP contribution in [0.25, 0.3) is 10.9 Å². The molecular weight excluding hydrogens is 566 g/mol. The lowest BCUT2D eigenvalue weighted by molar-refractivity contribution is -0.119. The van der Waals surface area contributed by atoms with Crippen molar-refractivity contribution in [3.63, 3.8) is 0 Å². The molecule has 9 nitrogen and oxygen atoms in total. The van der Waals surface area contributed by atoms with Gasteiger partial charge in [-0.05, 0) is 60.6 Å². The molecule has 0 aliphatic rings. The summed E-state index contributed by atoms with van der Waals surface area (Å²) in [5, 5.41) is 17.8. The number of nitrogens with one attached hydrogen (secondary N) is 3. The number of halogens is 2. The molecule has 4 rings (SSSR count). The van der Waals surface area contributed by atoms with Gasteiger partial charge in [0.1, 0.15) is 17.3 Å². The van der Waals surface area contributed by atoms with Gasteiger partial charge in [0, 0.05) is 29.4 Å². The number of aliphatic hydroxyl groups is 1. The highest BCUT2D eigenvalue weighted by Gasteiger charge is 2.19. The number of amides is 2. The molecule has 4 N–H and O–H groups in total. The number of thiocarbonyl (C=S) groups is 1. The van der Waals surface area contributed by atoms with Crippen LogP contribution in [0.5, 0.6) is 17.2 Å². The van der Waals surface area contributed by atoms with Crippen LogP contribution >= 0.6 is 12.2 Å². The van der Waals surface area contributed by atoms with Crippen molar-refractivity contribution in [3.8, 4) is 17.2 Å². The summed E-state index contributed by atoms with van der Waals surface area (Å²) in [6, 6.07) is 13.9. The number of ether oxygens (including phenoxy) is 2. The smallest absolute Gasteiger partial charge is 0.255 e. The molecule has 2 amide bonds. The zero-order chi connectivity index (χ0) is 30.2. The van der Waals surface area contributed by atoms with Crippen LogP contribution in [0.1, 0.15) is 29.3 Å². The van der Waals surface area contributed by atoms with Gasteiger partial charge in [0.05, 0.1) is 37.3 Å². The summed E-state index contributed by atoms with van der Waals surface area (Å²) in [7, 11) is 1.42. The van der Waals surface area contributed by atoms with E-state index in [1.54, 1.807) is 12.1 Å². The van der Waals surface area contributed by atoms with Gasteiger partial charge in [-0.1, -0.05) is 19.1 Å². The molecule has 0 spiro atoms. The average molecular weight is 595 g/mol. The Hall–Kier alpha value is -4.68. The topological polar surface area (TPSA) is 122 Å². The minimum atomic E-state index is -0.723. The van der Waals surface area contributed by atoms with Gasteiger partial charge in [0.2, 0.25) is 5.91 Å². The first kappa shape index (κ1) is 30.3. The molecule has 0 saturated carbocycles. The molecule has 3 aromatic carbocycles. The molecule has 218 valence electrons. The normalized spacial score (nSPS) is 11.5. The molecule has 0 aliphatic carbocycles. The predicted molar refractivity (Wildman–Crippen MR) is 158 cm³/mol. The zero-order valence-corrected chi connectivity index (χ0v) is 23.6. The van der Waals surface area contributed by atoms with E-state index in [9.17, 15) is 19.1 Å². The Morgan fingerprint density at radius 1 is 1.05 bits per heavy atom. The highest BCUT2D eigenvalue weighted by atomic mass is 32.1. The largest absolute Gasteiger partial charge is 0.496 e. The Morgan fingerprint density at radius 2 is 1.86 bits per heavy atom. The molecule has 1 aromatic heterocycles. The van der Waals surface area contributed by atoms with Crippen molar-refractivity contribution in [1.29, 1.82) is 0 Å². The van der Waals surface area contributed by atoms with Crippen molar-refractivity contribution < 1.29 is 33.0 Å². The second-order valence-corrected chi connectivity index (χ2v) is 9.60. The van der Waals surface area contributed by atoms with Gasteiger partial charge in [-0.2, -0.15) is 0 Å². The molecule has 0 radical (unpaired) electrons. The first-order valence-corrected chi connectivity index (χ1v) is 13.3. The molecule has 1 heterocycles. The lowest BCUT2D eigenvalue weighted by Gasteiger charge is -2.17. The summed E-state index contributed by atoms with van der Waals surface area (Å²) in [5.74, 6) is -1.68. The monoisotopic (exact) mass is 594 g/mol. The number of benzene rings is 3. The third-order valence-electron chi connectivity index (χ3n) is 6.23. The summed E-state index contributed by atoms with van der Waals surface area (Å²) in [5.41, 5.74) is 1.39. The molecular formula is C30H28F2N4O5S. The Morgan fingerprint density at radius 3 is 2.55 bits per heavy atom. The van der Waals surface area contributed by atoms with Gasteiger partial charge >= 0.3 is 0 Å². The lowest BCUT2D eigenvalue weighted by atomic mass is 10.1. The van der Waals surface area contributed by atoms with E-state index in [2.05, 4.69) is 20.9 Å². The van der Waals surface area contributed by atoms with Crippen LogP contribution in [0, 0.1) is 11.6 Å². The van der Waals surface area contributed by atoms with E-state index >= 15 is 4.39 Å². The number of carbonyl (C=O) groups is 2. The van der Waals surface area contributed by atoms with Crippen molar-refractivity contribution in [2.75, 3.05) is 19.0 Å². The summed E-state index contributed by atoms with van der Waals surface area (Å²) in [6.45, 7) is 1.62. The number of pyridine rings is 1. The van der Waals surface area contributed by atoms with Crippen molar-refractivity contribution in [1.82, 2.24) is 15.6 Å². The van der Waals surface area contributed by atoms with E-state index in [0.29, 0.717) is 22.9 Å². The van der Waals surface area contributed by atoms with Crippen molar-refractivity contribution in [3.05, 3.63) is 89.6 Å².